The summed E-state index contributed by atoms with van der Waals surface area (Å²) < 4.78 is 5.62. The average molecular weight is 276 g/mol. The van der Waals surface area contributed by atoms with Crippen molar-refractivity contribution in [2.24, 2.45) is 0 Å². The van der Waals surface area contributed by atoms with E-state index in [1.807, 2.05) is 0 Å². The molecule has 0 unspecified atom stereocenters. The fourth-order valence-electron chi connectivity index (χ4n) is 2.97. The van der Waals surface area contributed by atoms with Gasteiger partial charge in [0.15, 0.2) is 0 Å². The highest BCUT2D eigenvalue weighted by atomic mass is 16.5. The second kappa shape index (κ2) is 7.09. The summed E-state index contributed by atoms with van der Waals surface area (Å²) in [4.78, 5) is 4.93. The lowest BCUT2D eigenvalue weighted by atomic mass is 9.96. The molecule has 0 amide bonds. The number of methoxy groups -OCH3 is 1. The first-order valence-electron chi connectivity index (χ1n) is 7.85. The summed E-state index contributed by atoms with van der Waals surface area (Å²) in [7, 11) is 1.79. The zero-order chi connectivity index (χ0) is 14.5. The van der Waals surface area contributed by atoms with Crippen molar-refractivity contribution in [3.63, 3.8) is 0 Å². The summed E-state index contributed by atoms with van der Waals surface area (Å²) in [5, 5.41) is 0. The Morgan fingerprint density at radius 3 is 2.50 bits per heavy atom. The van der Waals surface area contributed by atoms with Crippen LogP contribution >= 0.6 is 0 Å². The fraction of sp³-hybridized carbons (Fsp3) is 0.647. The summed E-state index contributed by atoms with van der Waals surface area (Å²) in [5.41, 5.74) is 4.29. The maximum Gasteiger partial charge on any atom is 0.123 e. The van der Waals surface area contributed by atoms with E-state index in [0.717, 1.165) is 38.5 Å². The van der Waals surface area contributed by atoms with Crippen LogP contribution in [0, 0.1) is 0 Å². The third-order valence-electron chi connectivity index (χ3n) is 4.43. The molecule has 1 aromatic carbocycles. The Bertz CT molecular complexity index is 441. The van der Waals surface area contributed by atoms with E-state index in [1.165, 1.54) is 29.7 Å². The average Bonchev–Trinajstić information content (AvgIpc) is 2.51. The molecule has 1 aromatic rings. The Morgan fingerprint density at radius 2 is 1.90 bits per heavy atom. The summed E-state index contributed by atoms with van der Waals surface area (Å²) in [6.45, 7) is 13.2. The minimum Gasteiger partial charge on any atom is -0.496 e. The second-order valence-corrected chi connectivity index (χ2v) is 5.51. The molecule has 0 spiro atoms. The Hall–Kier alpha value is -1.06. The van der Waals surface area contributed by atoms with Crippen LogP contribution in [0.3, 0.4) is 0 Å². The molecule has 0 atom stereocenters. The van der Waals surface area contributed by atoms with Crippen molar-refractivity contribution in [2.75, 3.05) is 33.3 Å². The maximum absolute atomic E-state index is 5.62. The highest BCUT2D eigenvalue weighted by Crippen LogP contribution is 2.28. The van der Waals surface area contributed by atoms with Crippen LogP contribution in [0.4, 0.5) is 0 Å². The smallest absolute Gasteiger partial charge is 0.123 e. The van der Waals surface area contributed by atoms with Crippen LogP contribution in [0.25, 0.3) is 0 Å². The quantitative estimate of drug-likeness (QED) is 0.794. The van der Waals surface area contributed by atoms with Crippen molar-refractivity contribution in [3.8, 4) is 5.75 Å². The van der Waals surface area contributed by atoms with E-state index in [2.05, 4.69) is 42.7 Å². The molecule has 1 aliphatic heterocycles. The van der Waals surface area contributed by atoms with Crippen LogP contribution in [-0.4, -0.2) is 43.1 Å². The lowest BCUT2D eigenvalue weighted by Crippen LogP contribution is -2.30. The van der Waals surface area contributed by atoms with Crippen molar-refractivity contribution >= 4 is 0 Å². The van der Waals surface area contributed by atoms with Crippen LogP contribution in [0.15, 0.2) is 12.1 Å². The van der Waals surface area contributed by atoms with Gasteiger partial charge in [-0.2, -0.15) is 0 Å². The standard InChI is InChI=1S/C17H28N2O/c1-5-18(6-2)13-16-10-14-8-9-19(7-3)12-15(14)11-17(16)20-4/h10-11H,5-9,12-13H2,1-4H3. The second-order valence-electron chi connectivity index (χ2n) is 5.51. The molecule has 0 saturated carbocycles. The molecule has 20 heavy (non-hydrogen) atoms. The zero-order valence-corrected chi connectivity index (χ0v) is 13.4. The molecule has 3 nitrogen and oxygen atoms in total. The van der Waals surface area contributed by atoms with Gasteiger partial charge in [0.05, 0.1) is 7.11 Å². The number of benzene rings is 1. The molecule has 1 heterocycles. The van der Waals surface area contributed by atoms with Crippen LogP contribution in [0.1, 0.15) is 37.5 Å². The van der Waals surface area contributed by atoms with Gasteiger partial charge >= 0.3 is 0 Å². The predicted molar refractivity (Wildman–Crippen MR) is 84.3 cm³/mol. The predicted octanol–water partition coefficient (Wildman–Crippen LogP) is 2.92. The third-order valence-corrected chi connectivity index (χ3v) is 4.43. The minimum absolute atomic E-state index is 0.987. The number of likely N-dealkylation sites (N-methyl/N-ethyl adjacent to an activating group) is 1. The fourth-order valence-corrected chi connectivity index (χ4v) is 2.97. The molecule has 0 radical (unpaired) electrons. The van der Waals surface area contributed by atoms with Gasteiger partial charge in [-0.05, 0) is 43.2 Å². The normalized spacial score (nSPS) is 15.4. The van der Waals surface area contributed by atoms with Crippen molar-refractivity contribution < 1.29 is 4.74 Å². The first-order chi connectivity index (χ1) is 9.71. The molecule has 0 saturated heterocycles. The van der Waals surface area contributed by atoms with Gasteiger partial charge in [0.1, 0.15) is 5.75 Å². The molecule has 3 heteroatoms. The molecular weight excluding hydrogens is 248 g/mol. The first-order valence-corrected chi connectivity index (χ1v) is 7.85. The molecule has 0 aromatic heterocycles. The van der Waals surface area contributed by atoms with Gasteiger partial charge in [-0.15, -0.1) is 0 Å². The number of ether oxygens (including phenoxy) is 1. The molecular formula is C17H28N2O. The monoisotopic (exact) mass is 276 g/mol. The van der Waals surface area contributed by atoms with Crippen LogP contribution in [-0.2, 0) is 19.5 Å². The maximum atomic E-state index is 5.62. The van der Waals surface area contributed by atoms with Gasteiger partial charge in [-0.25, -0.2) is 0 Å². The Balaban J connectivity index is 2.25. The zero-order valence-electron chi connectivity index (χ0n) is 13.4. The number of fused-ring (bicyclic) bond motifs is 1. The lowest BCUT2D eigenvalue weighted by molar-refractivity contribution is 0.265. The molecule has 0 aliphatic carbocycles. The molecule has 2 rings (SSSR count). The van der Waals surface area contributed by atoms with E-state index >= 15 is 0 Å². The van der Waals surface area contributed by atoms with Gasteiger partial charge in [0.2, 0.25) is 0 Å². The molecule has 112 valence electrons. The largest absolute Gasteiger partial charge is 0.496 e. The van der Waals surface area contributed by atoms with E-state index in [9.17, 15) is 0 Å². The minimum atomic E-state index is 0.987. The van der Waals surface area contributed by atoms with Crippen molar-refractivity contribution in [2.45, 2.75) is 40.3 Å². The van der Waals surface area contributed by atoms with Gasteiger partial charge in [-0.1, -0.05) is 26.8 Å². The Labute approximate surface area is 123 Å². The third kappa shape index (κ3) is 3.33. The van der Waals surface area contributed by atoms with Crippen LogP contribution < -0.4 is 4.74 Å². The summed E-state index contributed by atoms with van der Waals surface area (Å²) in [5.74, 6) is 1.05. The Morgan fingerprint density at radius 1 is 1.15 bits per heavy atom. The SMILES string of the molecule is CCN1CCc2cc(CN(CC)CC)c(OC)cc2C1. The van der Waals surface area contributed by atoms with E-state index in [4.69, 9.17) is 4.74 Å². The Kier molecular flexibility index (Phi) is 5.44. The van der Waals surface area contributed by atoms with E-state index < -0.39 is 0 Å². The van der Waals surface area contributed by atoms with E-state index in [0.29, 0.717) is 0 Å². The number of rotatable bonds is 6. The van der Waals surface area contributed by atoms with Gasteiger partial charge in [0, 0.05) is 25.2 Å². The highest BCUT2D eigenvalue weighted by molar-refractivity contribution is 5.44. The molecule has 0 N–H and O–H groups in total. The molecule has 1 aliphatic rings. The van der Waals surface area contributed by atoms with Crippen molar-refractivity contribution in [1.29, 1.82) is 0 Å². The number of hydrogen-bond donors (Lipinski definition) is 0. The van der Waals surface area contributed by atoms with Gasteiger partial charge in [0.25, 0.3) is 0 Å². The van der Waals surface area contributed by atoms with Gasteiger partial charge < -0.3 is 4.74 Å². The summed E-state index contributed by atoms with van der Waals surface area (Å²) in [6.07, 6.45) is 1.17. The van der Waals surface area contributed by atoms with Crippen molar-refractivity contribution in [1.82, 2.24) is 9.80 Å². The van der Waals surface area contributed by atoms with Crippen molar-refractivity contribution in [3.05, 3.63) is 28.8 Å². The summed E-state index contributed by atoms with van der Waals surface area (Å²) in [6, 6.07) is 4.63. The number of hydrogen-bond acceptors (Lipinski definition) is 3. The van der Waals surface area contributed by atoms with Crippen LogP contribution in [0.2, 0.25) is 0 Å². The lowest BCUT2D eigenvalue weighted by Gasteiger charge is -2.29. The molecule has 0 fully saturated rings. The van der Waals surface area contributed by atoms with E-state index in [1.54, 1.807) is 7.11 Å². The summed E-state index contributed by atoms with van der Waals surface area (Å²) >= 11 is 0. The topological polar surface area (TPSA) is 15.7 Å². The highest BCUT2D eigenvalue weighted by Gasteiger charge is 2.18. The van der Waals surface area contributed by atoms with Gasteiger partial charge in [-0.3, -0.25) is 9.80 Å². The van der Waals surface area contributed by atoms with Crippen LogP contribution in [0.5, 0.6) is 5.75 Å². The number of nitrogens with zero attached hydrogens (tertiary/aromatic N) is 2. The molecule has 0 bridgehead atoms. The van der Waals surface area contributed by atoms with E-state index in [-0.39, 0.29) is 0 Å². The first kappa shape index (κ1) is 15.3.